The van der Waals surface area contributed by atoms with Gasteiger partial charge in [-0.05, 0) is 22.9 Å². The molecule has 0 aliphatic carbocycles. The van der Waals surface area contributed by atoms with E-state index in [1.165, 1.54) is 0 Å². The molecule has 0 atom stereocenters. The van der Waals surface area contributed by atoms with E-state index in [0.717, 1.165) is 0 Å². The first-order valence-corrected chi connectivity index (χ1v) is 4.15. The van der Waals surface area contributed by atoms with E-state index in [2.05, 4.69) is 31.2 Å². The highest BCUT2D eigenvalue weighted by atomic mass is 79.9. The van der Waals surface area contributed by atoms with E-state index in [9.17, 15) is 4.79 Å². The molecule has 0 aromatic carbocycles. The summed E-state index contributed by atoms with van der Waals surface area (Å²) < 4.78 is 0.604. The maximum Gasteiger partial charge on any atom is 0.270 e. The number of nitrogens with one attached hydrogen (secondary N) is 1. The van der Waals surface area contributed by atoms with Gasteiger partial charge in [-0.15, -0.1) is 0 Å². The van der Waals surface area contributed by atoms with Gasteiger partial charge in [-0.25, -0.2) is 9.97 Å². The van der Waals surface area contributed by atoms with E-state index in [4.69, 9.17) is 0 Å². The third kappa shape index (κ3) is 1.79. The average molecular weight is 230 g/mol. The van der Waals surface area contributed by atoms with E-state index >= 15 is 0 Å². The molecule has 0 bridgehead atoms. The molecule has 0 aliphatic heterocycles. The molecule has 0 saturated carbocycles. The second kappa shape index (κ2) is 3.62. The number of nitrogens with zero attached hydrogens (tertiary/aromatic N) is 2. The minimum atomic E-state index is -0.215. The fourth-order valence-corrected chi connectivity index (χ4v) is 1.10. The predicted molar refractivity (Wildman–Crippen MR) is 47.9 cm³/mol. The molecule has 1 rings (SSSR count). The van der Waals surface area contributed by atoms with Crippen LogP contribution in [0.1, 0.15) is 16.3 Å². The summed E-state index contributed by atoms with van der Waals surface area (Å²) in [6.45, 7) is 1.74. The number of aromatic nitrogens is 2. The lowest BCUT2D eigenvalue weighted by atomic mass is 10.4. The van der Waals surface area contributed by atoms with Crippen LogP contribution in [0.4, 0.5) is 0 Å². The zero-order valence-corrected chi connectivity index (χ0v) is 8.34. The summed E-state index contributed by atoms with van der Waals surface area (Å²) in [7, 11) is 1.56. The van der Waals surface area contributed by atoms with Gasteiger partial charge in [0.15, 0.2) is 0 Å². The molecule has 0 fully saturated rings. The van der Waals surface area contributed by atoms with Crippen molar-refractivity contribution in [1.29, 1.82) is 0 Å². The first kappa shape index (κ1) is 9.12. The highest BCUT2D eigenvalue weighted by Crippen LogP contribution is 2.12. The molecule has 1 amide bonds. The van der Waals surface area contributed by atoms with Crippen LogP contribution in [-0.4, -0.2) is 22.9 Å². The molecule has 0 spiro atoms. The van der Waals surface area contributed by atoms with Gasteiger partial charge in [0.1, 0.15) is 11.5 Å². The summed E-state index contributed by atoms with van der Waals surface area (Å²) in [5.41, 5.74) is 0.366. The fraction of sp³-hybridized carbons (Fsp3) is 0.286. The van der Waals surface area contributed by atoms with Gasteiger partial charge in [0, 0.05) is 13.2 Å². The number of hydrogen-bond acceptors (Lipinski definition) is 3. The van der Waals surface area contributed by atoms with Crippen molar-refractivity contribution in [2.75, 3.05) is 7.05 Å². The predicted octanol–water partition coefficient (Wildman–Crippen LogP) is 0.907. The summed E-state index contributed by atoms with van der Waals surface area (Å²) in [5, 5.41) is 2.49. The highest BCUT2D eigenvalue weighted by molar-refractivity contribution is 9.10. The Kier molecular flexibility index (Phi) is 2.75. The third-order valence-corrected chi connectivity index (χ3v) is 1.89. The Hall–Kier alpha value is -0.970. The van der Waals surface area contributed by atoms with Crippen LogP contribution in [0.25, 0.3) is 0 Å². The SMILES string of the molecule is CNC(=O)c1nc(C)ncc1Br. The van der Waals surface area contributed by atoms with Crippen LogP contribution in [0.15, 0.2) is 10.7 Å². The lowest BCUT2D eigenvalue weighted by Gasteiger charge is -2.01. The molecule has 0 radical (unpaired) electrons. The van der Waals surface area contributed by atoms with Gasteiger partial charge in [0.25, 0.3) is 5.91 Å². The van der Waals surface area contributed by atoms with Crippen molar-refractivity contribution in [2.24, 2.45) is 0 Å². The van der Waals surface area contributed by atoms with E-state index in [1.807, 2.05) is 0 Å². The van der Waals surface area contributed by atoms with Crippen molar-refractivity contribution in [3.8, 4) is 0 Å². The maximum absolute atomic E-state index is 11.2. The summed E-state index contributed by atoms with van der Waals surface area (Å²) in [5.74, 6) is 0.365. The number of rotatable bonds is 1. The number of aryl methyl sites for hydroxylation is 1. The summed E-state index contributed by atoms with van der Waals surface area (Å²) in [6.07, 6.45) is 1.56. The molecule has 4 nitrogen and oxygen atoms in total. The molecule has 0 unspecified atom stereocenters. The zero-order valence-electron chi connectivity index (χ0n) is 6.76. The molecular formula is C7H8BrN3O. The van der Waals surface area contributed by atoms with Crippen molar-refractivity contribution in [1.82, 2.24) is 15.3 Å². The summed E-state index contributed by atoms with van der Waals surface area (Å²) >= 11 is 3.19. The van der Waals surface area contributed by atoms with Gasteiger partial charge in [-0.2, -0.15) is 0 Å². The molecule has 0 aliphatic rings. The van der Waals surface area contributed by atoms with Gasteiger partial charge in [-0.3, -0.25) is 4.79 Å². The number of carbonyl (C=O) groups excluding carboxylic acids is 1. The van der Waals surface area contributed by atoms with Crippen LogP contribution in [0.3, 0.4) is 0 Å². The van der Waals surface area contributed by atoms with Gasteiger partial charge < -0.3 is 5.32 Å². The second-order valence-electron chi connectivity index (χ2n) is 2.19. The second-order valence-corrected chi connectivity index (χ2v) is 3.05. The molecular weight excluding hydrogens is 222 g/mol. The van der Waals surface area contributed by atoms with Crippen LogP contribution in [0, 0.1) is 6.92 Å². The molecule has 1 N–H and O–H groups in total. The first-order valence-electron chi connectivity index (χ1n) is 3.36. The molecule has 1 heterocycles. The van der Waals surface area contributed by atoms with Crippen molar-refractivity contribution < 1.29 is 4.79 Å². The molecule has 0 saturated heterocycles. The number of carbonyl (C=O) groups is 1. The molecule has 1 aromatic rings. The number of halogens is 1. The third-order valence-electron chi connectivity index (χ3n) is 1.31. The Morgan fingerprint density at radius 3 is 2.92 bits per heavy atom. The first-order chi connectivity index (χ1) is 5.65. The highest BCUT2D eigenvalue weighted by Gasteiger charge is 2.09. The van der Waals surface area contributed by atoms with Gasteiger partial charge in [-0.1, -0.05) is 0 Å². The topological polar surface area (TPSA) is 54.9 Å². The fourth-order valence-electron chi connectivity index (χ4n) is 0.733. The Labute approximate surface area is 78.5 Å². The Balaban J connectivity index is 3.13. The lowest BCUT2D eigenvalue weighted by Crippen LogP contribution is -2.20. The summed E-state index contributed by atoms with van der Waals surface area (Å²) in [4.78, 5) is 19.0. The molecule has 1 aromatic heterocycles. The quantitative estimate of drug-likeness (QED) is 0.779. The van der Waals surface area contributed by atoms with Gasteiger partial charge in [0.05, 0.1) is 4.47 Å². The normalized spacial score (nSPS) is 9.58. The van der Waals surface area contributed by atoms with Gasteiger partial charge in [0.2, 0.25) is 0 Å². The molecule has 64 valence electrons. The van der Waals surface area contributed by atoms with Crippen LogP contribution >= 0.6 is 15.9 Å². The smallest absolute Gasteiger partial charge is 0.270 e. The minimum absolute atomic E-state index is 0.215. The summed E-state index contributed by atoms with van der Waals surface area (Å²) in [6, 6.07) is 0. The zero-order chi connectivity index (χ0) is 9.14. The maximum atomic E-state index is 11.2. The molecule has 5 heteroatoms. The van der Waals surface area contributed by atoms with Crippen molar-refractivity contribution >= 4 is 21.8 Å². The number of amides is 1. The van der Waals surface area contributed by atoms with E-state index < -0.39 is 0 Å². The van der Waals surface area contributed by atoms with Gasteiger partial charge >= 0.3 is 0 Å². The largest absolute Gasteiger partial charge is 0.354 e. The Morgan fingerprint density at radius 1 is 1.67 bits per heavy atom. The Morgan fingerprint density at radius 2 is 2.33 bits per heavy atom. The van der Waals surface area contributed by atoms with E-state index in [-0.39, 0.29) is 5.91 Å². The Bertz CT molecular complexity index is 314. The van der Waals surface area contributed by atoms with Crippen LogP contribution < -0.4 is 5.32 Å². The van der Waals surface area contributed by atoms with E-state index in [1.54, 1.807) is 20.2 Å². The lowest BCUT2D eigenvalue weighted by molar-refractivity contribution is 0.0957. The van der Waals surface area contributed by atoms with Crippen molar-refractivity contribution in [3.05, 3.63) is 22.2 Å². The standard InChI is InChI=1S/C7H8BrN3O/c1-4-10-3-5(8)6(11-4)7(12)9-2/h3H,1-2H3,(H,9,12). The van der Waals surface area contributed by atoms with Crippen LogP contribution in [0.2, 0.25) is 0 Å². The van der Waals surface area contributed by atoms with Crippen LogP contribution in [0.5, 0.6) is 0 Å². The average Bonchev–Trinajstić information content (AvgIpc) is 2.08. The van der Waals surface area contributed by atoms with E-state index in [0.29, 0.717) is 16.0 Å². The van der Waals surface area contributed by atoms with Crippen molar-refractivity contribution in [3.63, 3.8) is 0 Å². The minimum Gasteiger partial charge on any atom is -0.354 e. The van der Waals surface area contributed by atoms with Crippen molar-refractivity contribution in [2.45, 2.75) is 6.92 Å². The number of hydrogen-bond donors (Lipinski definition) is 1. The monoisotopic (exact) mass is 229 g/mol. The molecule has 12 heavy (non-hydrogen) atoms. The van der Waals surface area contributed by atoms with Crippen LogP contribution in [-0.2, 0) is 0 Å².